The summed E-state index contributed by atoms with van der Waals surface area (Å²) >= 11 is 0. The SMILES string of the molecule is NC(=O)C1[C@@H]2CN(C(=O)C3CC3)CC2CN1CCCc1ccccc1. The number of amides is 2. The van der Waals surface area contributed by atoms with Crippen molar-refractivity contribution >= 4 is 11.8 Å². The van der Waals surface area contributed by atoms with Gasteiger partial charge in [-0.25, -0.2) is 0 Å². The van der Waals surface area contributed by atoms with Gasteiger partial charge in [-0.15, -0.1) is 0 Å². The number of aryl methyl sites for hydroxylation is 1. The van der Waals surface area contributed by atoms with E-state index in [-0.39, 0.29) is 23.8 Å². The van der Waals surface area contributed by atoms with Gasteiger partial charge >= 0.3 is 0 Å². The summed E-state index contributed by atoms with van der Waals surface area (Å²) < 4.78 is 0. The van der Waals surface area contributed by atoms with Crippen LogP contribution in [0.5, 0.6) is 0 Å². The lowest BCUT2D eigenvalue weighted by atomic mass is 9.94. The molecule has 3 atom stereocenters. The summed E-state index contributed by atoms with van der Waals surface area (Å²) in [6, 6.07) is 10.2. The highest BCUT2D eigenvalue weighted by Crippen LogP contribution is 2.39. The molecule has 5 nitrogen and oxygen atoms in total. The van der Waals surface area contributed by atoms with Crippen LogP contribution in [0.2, 0.25) is 0 Å². The Labute approximate surface area is 149 Å². The van der Waals surface area contributed by atoms with Crippen molar-refractivity contribution in [1.82, 2.24) is 9.80 Å². The zero-order valence-corrected chi connectivity index (χ0v) is 14.6. The summed E-state index contributed by atoms with van der Waals surface area (Å²) in [5, 5.41) is 0. The molecule has 3 fully saturated rings. The van der Waals surface area contributed by atoms with Gasteiger partial charge in [0.2, 0.25) is 11.8 Å². The molecule has 2 saturated heterocycles. The molecule has 1 aromatic carbocycles. The maximum absolute atomic E-state index is 12.3. The van der Waals surface area contributed by atoms with E-state index in [0.717, 1.165) is 45.3 Å². The van der Waals surface area contributed by atoms with Gasteiger partial charge in [0.15, 0.2) is 0 Å². The predicted molar refractivity (Wildman–Crippen MR) is 95.6 cm³/mol. The third-order valence-electron chi connectivity index (χ3n) is 6.04. The lowest BCUT2D eigenvalue weighted by Crippen LogP contribution is -2.46. The zero-order chi connectivity index (χ0) is 17.4. The first-order valence-corrected chi connectivity index (χ1v) is 9.49. The lowest BCUT2D eigenvalue weighted by molar-refractivity contribution is -0.132. The van der Waals surface area contributed by atoms with Crippen LogP contribution in [0.15, 0.2) is 30.3 Å². The molecule has 5 heteroatoms. The number of rotatable bonds is 6. The first-order chi connectivity index (χ1) is 12.1. The summed E-state index contributed by atoms with van der Waals surface area (Å²) in [5.41, 5.74) is 7.07. The average Bonchev–Trinajstić information content (AvgIpc) is 3.28. The first kappa shape index (κ1) is 16.6. The molecule has 2 heterocycles. The largest absolute Gasteiger partial charge is 0.368 e. The number of hydrogen-bond donors (Lipinski definition) is 1. The standard InChI is InChI=1S/C20H27N3O2/c21-19(24)18-17-13-23(20(25)15-8-9-15)12-16(17)11-22(18)10-4-7-14-5-2-1-3-6-14/h1-3,5-6,15-18H,4,7-13H2,(H2,21,24)/t16?,17-,18?/m1/s1. The van der Waals surface area contributed by atoms with E-state index in [1.165, 1.54) is 5.56 Å². The van der Waals surface area contributed by atoms with Crippen LogP contribution in [0, 0.1) is 17.8 Å². The van der Waals surface area contributed by atoms with Crippen LogP contribution >= 0.6 is 0 Å². The monoisotopic (exact) mass is 341 g/mol. The van der Waals surface area contributed by atoms with Gasteiger partial charge in [-0.2, -0.15) is 0 Å². The third-order valence-corrected chi connectivity index (χ3v) is 6.04. The van der Waals surface area contributed by atoms with E-state index in [1.54, 1.807) is 0 Å². The van der Waals surface area contributed by atoms with Crippen LogP contribution in [0.25, 0.3) is 0 Å². The van der Waals surface area contributed by atoms with Crippen LogP contribution in [0.4, 0.5) is 0 Å². The first-order valence-electron chi connectivity index (χ1n) is 9.49. The molecule has 3 aliphatic rings. The highest BCUT2D eigenvalue weighted by atomic mass is 16.2. The van der Waals surface area contributed by atoms with Crippen LogP contribution in [-0.4, -0.2) is 53.8 Å². The minimum absolute atomic E-state index is 0.210. The fraction of sp³-hybridized carbons (Fsp3) is 0.600. The molecular weight excluding hydrogens is 314 g/mol. The maximum Gasteiger partial charge on any atom is 0.235 e. The van der Waals surface area contributed by atoms with Gasteiger partial charge in [0.1, 0.15) is 0 Å². The van der Waals surface area contributed by atoms with E-state index in [9.17, 15) is 9.59 Å². The number of primary amides is 1. The molecule has 2 amide bonds. The highest BCUT2D eigenvalue weighted by Gasteiger charge is 2.51. The van der Waals surface area contributed by atoms with Gasteiger partial charge in [-0.1, -0.05) is 30.3 Å². The van der Waals surface area contributed by atoms with Crippen molar-refractivity contribution in [1.29, 1.82) is 0 Å². The number of nitrogens with zero attached hydrogens (tertiary/aromatic N) is 2. The van der Waals surface area contributed by atoms with E-state index in [0.29, 0.717) is 18.4 Å². The van der Waals surface area contributed by atoms with Crippen LogP contribution in [0.3, 0.4) is 0 Å². The maximum atomic E-state index is 12.3. The normalized spacial score (nSPS) is 29.0. The molecule has 0 spiro atoms. The van der Waals surface area contributed by atoms with E-state index in [2.05, 4.69) is 29.2 Å². The lowest BCUT2D eigenvalue weighted by Gasteiger charge is -2.27. The Bertz CT molecular complexity index is 644. The summed E-state index contributed by atoms with van der Waals surface area (Å²) in [6.07, 6.45) is 4.12. The van der Waals surface area contributed by atoms with E-state index in [4.69, 9.17) is 5.73 Å². The van der Waals surface area contributed by atoms with Crippen LogP contribution in [-0.2, 0) is 16.0 Å². The number of carbonyl (C=O) groups is 2. The van der Waals surface area contributed by atoms with Crippen molar-refractivity contribution in [3.05, 3.63) is 35.9 Å². The molecule has 2 unspecified atom stereocenters. The highest BCUT2D eigenvalue weighted by molar-refractivity contribution is 5.83. The smallest absolute Gasteiger partial charge is 0.235 e. The molecule has 2 N–H and O–H groups in total. The van der Waals surface area contributed by atoms with E-state index in [1.807, 2.05) is 11.0 Å². The van der Waals surface area contributed by atoms with Crippen molar-refractivity contribution in [3.63, 3.8) is 0 Å². The zero-order valence-electron chi connectivity index (χ0n) is 14.6. The van der Waals surface area contributed by atoms with Gasteiger partial charge in [-0.3, -0.25) is 14.5 Å². The molecule has 1 aromatic rings. The Kier molecular flexibility index (Phi) is 4.50. The number of fused-ring (bicyclic) bond motifs is 1. The van der Waals surface area contributed by atoms with Gasteiger partial charge in [0.25, 0.3) is 0 Å². The molecule has 134 valence electrons. The Balaban J connectivity index is 1.35. The molecule has 0 bridgehead atoms. The molecule has 1 saturated carbocycles. The second kappa shape index (κ2) is 6.79. The number of benzene rings is 1. The van der Waals surface area contributed by atoms with Crippen molar-refractivity contribution in [3.8, 4) is 0 Å². The Morgan fingerprint density at radius 2 is 1.84 bits per heavy atom. The summed E-state index contributed by atoms with van der Waals surface area (Å²) in [4.78, 5) is 28.7. The predicted octanol–water partition coefficient (Wildman–Crippen LogP) is 1.27. The van der Waals surface area contributed by atoms with E-state index < -0.39 is 0 Å². The van der Waals surface area contributed by atoms with Crippen molar-refractivity contribution in [2.45, 2.75) is 31.7 Å². The van der Waals surface area contributed by atoms with Crippen molar-refractivity contribution in [2.75, 3.05) is 26.2 Å². The van der Waals surface area contributed by atoms with E-state index >= 15 is 0 Å². The fourth-order valence-electron chi connectivity index (χ4n) is 4.65. The molecule has 1 aliphatic carbocycles. The quantitative estimate of drug-likeness (QED) is 0.847. The summed E-state index contributed by atoms with van der Waals surface area (Å²) in [5.74, 6) is 0.947. The molecule has 4 rings (SSSR count). The number of hydrogen-bond acceptors (Lipinski definition) is 3. The molecular formula is C20H27N3O2. The average molecular weight is 341 g/mol. The van der Waals surface area contributed by atoms with Gasteiger partial charge in [0, 0.05) is 31.5 Å². The second-order valence-electron chi connectivity index (χ2n) is 7.87. The number of likely N-dealkylation sites (tertiary alicyclic amines) is 2. The molecule has 0 aromatic heterocycles. The Morgan fingerprint density at radius 1 is 1.08 bits per heavy atom. The minimum Gasteiger partial charge on any atom is -0.368 e. The van der Waals surface area contributed by atoms with Gasteiger partial charge in [0.05, 0.1) is 6.04 Å². The van der Waals surface area contributed by atoms with Crippen LogP contribution in [0.1, 0.15) is 24.8 Å². The second-order valence-corrected chi connectivity index (χ2v) is 7.87. The fourth-order valence-corrected chi connectivity index (χ4v) is 4.65. The number of nitrogens with two attached hydrogens (primary N) is 1. The summed E-state index contributed by atoms with van der Waals surface area (Å²) in [6.45, 7) is 3.30. The van der Waals surface area contributed by atoms with Crippen molar-refractivity contribution < 1.29 is 9.59 Å². The Morgan fingerprint density at radius 3 is 2.52 bits per heavy atom. The molecule has 2 aliphatic heterocycles. The van der Waals surface area contributed by atoms with Gasteiger partial charge in [-0.05, 0) is 43.7 Å². The van der Waals surface area contributed by atoms with Gasteiger partial charge < -0.3 is 10.6 Å². The topological polar surface area (TPSA) is 66.6 Å². The summed E-state index contributed by atoms with van der Waals surface area (Å²) in [7, 11) is 0. The third kappa shape index (κ3) is 3.43. The Hall–Kier alpha value is -1.88. The molecule has 0 radical (unpaired) electrons. The minimum atomic E-state index is -0.229. The van der Waals surface area contributed by atoms with Crippen LogP contribution < -0.4 is 5.73 Å². The molecule has 25 heavy (non-hydrogen) atoms. The number of carbonyl (C=O) groups excluding carboxylic acids is 2. The van der Waals surface area contributed by atoms with Crippen molar-refractivity contribution in [2.24, 2.45) is 23.5 Å².